The van der Waals surface area contributed by atoms with E-state index in [0.717, 1.165) is 38.4 Å². The normalized spacial score (nSPS) is 15.0. The molecule has 0 saturated carbocycles. The van der Waals surface area contributed by atoms with Crippen molar-refractivity contribution in [2.24, 2.45) is 0 Å². The zero-order valence-electron chi connectivity index (χ0n) is 13.8. The first-order valence-corrected chi connectivity index (χ1v) is 8.61. The Labute approximate surface area is 154 Å². The van der Waals surface area contributed by atoms with Gasteiger partial charge >= 0.3 is 6.18 Å². The maximum Gasteiger partial charge on any atom is 0.417 e. The summed E-state index contributed by atoms with van der Waals surface area (Å²) in [4.78, 5) is 18.3. The molecule has 0 atom stereocenters. The minimum absolute atomic E-state index is 0.0744. The standard InChI is InChI=1S/C18H17ClF3N3O/c19-15-6-5-13(10-14(15)18(20,21)22)24-16-7-4-12(11-23-16)17(26)25-8-2-1-3-9-25/h4-7,10-11H,1-3,8-9H2,(H,23,24). The number of alkyl halides is 3. The van der Waals surface area contributed by atoms with Crippen LogP contribution in [0.5, 0.6) is 0 Å². The second-order valence-electron chi connectivity index (χ2n) is 6.10. The molecule has 1 aromatic carbocycles. The summed E-state index contributed by atoms with van der Waals surface area (Å²) in [6, 6.07) is 6.73. The third kappa shape index (κ3) is 4.27. The number of likely N-dealkylation sites (tertiary alicyclic amines) is 1. The van der Waals surface area contributed by atoms with Crippen molar-refractivity contribution in [3.05, 3.63) is 52.7 Å². The van der Waals surface area contributed by atoms with E-state index in [2.05, 4.69) is 10.3 Å². The van der Waals surface area contributed by atoms with Gasteiger partial charge in [-0.3, -0.25) is 4.79 Å². The Morgan fingerprint density at radius 2 is 1.85 bits per heavy atom. The molecule has 2 heterocycles. The van der Waals surface area contributed by atoms with Gasteiger partial charge in [0.05, 0.1) is 16.1 Å². The number of rotatable bonds is 3. The monoisotopic (exact) mass is 383 g/mol. The highest BCUT2D eigenvalue weighted by molar-refractivity contribution is 6.31. The van der Waals surface area contributed by atoms with Crippen molar-refractivity contribution in [2.45, 2.75) is 25.4 Å². The lowest BCUT2D eigenvalue weighted by atomic mass is 10.1. The summed E-state index contributed by atoms with van der Waals surface area (Å²) in [6.45, 7) is 1.48. The van der Waals surface area contributed by atoms with Gasteiger partial charge in [0.1, 0.15) is 5.82 Å². The first kappa shape index (κ1) is 18.5. The van der Waals surface area contributed by atoms with Crippen molar-refractivity contribution >= 4 is 29.0 Å². The van der Waals surface area contributed by atoms with E-state index in [1.807, 2.05) is 0 Å². The number of nitrogens with zero attached hydrogens (tertiary/aromatic N) is 2. The highest BCUT2D eigenvalue weighted by Crippen LogP contribution is 2.36. The van der Waals surface area contributed by atoms with Crippen LogP contribution >= 0.6 is 11.6 Å². The molecule has 0 radical (unpaired) electrons. The lowest BCUT2D eigenvalue weighted by Crippen LogP contribution is -2.35. The molecule has 1 fully saturated rings. The van der Waals surface area contributed by atoms with Crippen molar-refractivity contribution in [1.29, 1.82) is 0 Å². The van der Waals surface area contributed by atoms with Crippen molar-refractivity contribution < 1.29 is 18.0 Å². The number of halogens is 4. The molecule has 8 heteroatoms. The second kappa shape index (κ2) is 7.53. The van der Waals surface area contributed by atoms with E-state index in [9.17, 15) is 18.0 Å². The van der Waals surface area contributed by atoms with Crippen LogP contribution < -0.4 is 5.32 Å². The predicted molar refractivity (Wildman–Crippen MR) is 93.7 cm³/mol. The lowest BCUT2D eigenvalue weighted by molar-refractivity contribution is -0.137. The topological polar surface area (TPSA) is 45.2 Å². The molecule has 2 aromatic rings. The van der Waals surface area contributed by atoms with Gasteiger partial charge in [-0.15, -0.1) is 0 Å². The number of amides is 1. The summed E-state index contributed by atoms with van der Waals surface area (Å²) < 4.78 is 38.7. The van der Waals surface area contributed by atoms with Gasteiger partial charge in [-0.25, -0.2) is 4.98 Å². The van der Waals surface area contributed by atoms with Gasteiger partial charge in [0.2, 0.25) is 0 Å². The molecule has 1 amide bonds. The molecule has 1 aliphatic heterocycles. The van der Waals surface area contributed by atoms with Crippen LogP contribution in [0.4, 0.5) is 24.7 Å². The van der Waals surface area contributed by atoms with Gasteiger partial charge in [0, 0.05) is 25.0 Å². The van der Waals surface area contributed by atoms with E-state index in [1.165, 1.54) is 18.3 Å². The number of hydrogen-bond donors (Lipinski definition) is 1. The molecule has 0 aliphatic carbocycles. The fourth-order valence-corrected chi connectivity index (χ4v) is 3.07. The van der Waals surface area contributed by atoms with E-state index >= 15 is 0 Å². The van der Waals surface area contributed by atoms with E-state index in [4.69, 9.17) is 11.6 Å². The minimum atomic E-state index is -4.53. The van der Waals surface area contributed by atoms with E-state index in [1.54, 1.807) is 17.0 Å². The fourth-order valence-electron chi connectivity index (χ4n) is 2.84. The van der Waals surface area contributed by atoms with Gasteiger partial charge in [-0.2, -0.15) is 13.2 Å². The Kier molecular flexibility index (Phi) is 5.36. The van der Waals surface area contributed by atoms with E-state index < -0.39 is 11.7 Å². The molecule has 1 aromatic heterocycles. The molecular weight excluding hydrogens is 367 g/mol. The summed E-state index contributed by atoms with van der Waals surface area (Å²) in [7, 11) is 0. The smallest absolute Gasteiger partial charge is 0.340 e. The van der Waals surface area contributed by atoms with Crippen LogP contribution in [0, 0.1) is 0 Å². The van der Waals surface area contributed by atoms with Crippen molar-refractivity contribution in [1.82, 2.24) is 9.88 Å². The number of pyridine rings is 1. The summed E-state index contributed by atoms with van der Waals surface area (Å²) >= 11 is 5.61. The number of nitrogens with one attached hydrogen (secondary N) is 1. The fraction of sp³-hybridized carbons (Fsp3) is 0.333. The number of piperidine rings is 1. The van der Waals surface area contributed by atoms with Crippen LogP contribution in [-0.2, 0) is 6.18 Å². The molecule has 1 N–H and O–H groups in total. The van der Waals surface area contributed by atoms with Crippen molar-refractivity contribution in [2.75, 3.05) is 18.4 Å². The molecule has 3 rings (SSSR count). The van der Waals surface area contributed by atoms with Gasteiger partial charge in [-0.1, -0.05) is 11.6 Å². The molecule has 4 nitrogen and oxygen atoms in total. The molecule has 0 bridgehead atoms. The second-order valence-corrected chi connectivity index (χ2v) is 6.51. The Hall–Kier alpha value is -2.28. The summed E-state index contributed by atoms with van der Waals surface area (Å²) in [5.41, 5.74) is -0.241. The first-order valence-electron chi connectivity index (χ1n) is 8.24. The van der Waals surface area contributed by atoms with Crippen LogP contribution in [0.15, 0.2) is 36.5 Å². The molecule has 0 unspecified atom stereocenters. The zero-order valence-corrected chi connectivity index (χ0v) is 14.6. The molecule has 1 saturated heterocycles. The predicted octanol–water partition coefficient (Wildman–Crippen LogP) is 5.12. The number of carbonyl (C=O) groups excluding carboxylic acids is 1. The quantitative estimate of drug-likeness (QED) is 0.799. The Balaban J connectivity index is 1.72. The summed E-state index contributed by atoms with van der Waals surface area (Å²) in [6.07, 6.45) is 0.0203. The number of aromatic nitrogens is 1. The van der Waals surface area contributed by atoms with Gasteiger partial charge in [-0.05, 0) is 49.6 Å². The third-order valence-electron chi connectivity index (χ3n) is 4.20. The number of carbonyl (C=O) groups is 1. The Morgan fingerprint density at radius 3 is 2.46 bits per heavy atom. The number of anilines is 2. The van der Waals surface area contributed by atoms with Crippen LogP contribution in [0.3, 0.4) is 0 Å². The highest BCUT2D eigenvalue weighted by atomic mass is 35.5. The first-order chi connectivity index (χ1) is 12.3. The molecule has 1 aliphatic rings. The summed E-state index contributed by atoms with van der Waals surface area (Å²) in [5, 5.41) is 2.43. The van der Waals surface area contributed by atoms with Crippen LogP contribution in [-0.4, -0.2) is 28.9 Å². The third-order valence-corrected chi connectivity index (χ3v) is 4.53. The van der Waals surface area contributed by atoms with Crippen LogP contribution in [0.2, 0.25) is 5.02 Å². The van der Waals surface area contributed by atoms with E-state index in [-0.39, 0.29) is 16.6 Å². The lowest BCUT2D eigenvalue weighted by Gasteiger charge is -2.26. The molecule has 138 valence electrons. The van der Waals surface area contributed by atoms with Gasteiger partial charge in [0.25, 0.3) is 5.91 Å². The van der Waals surface area contributed by atoms with Crippen LogP contribution in [0.1, 0.15) is 35.2 Å². The zero-order chi connectivity index (χ0) is 18.7. The van der Waals surface area contributed by atoms with Gasteiger partial charge in [0.15, 0.2) is 0 Å². The largest absolute Gasteiger partial charge is 0.417 e. The number of benzene rings is 1. The maximum absolute atomic E-state index is 12.9. The molecule has 26 heavy (non-hydrogen) atoms. The maximum atomic E-state index is 12.9. The van der Waals surface area contributed by atoms with Gasteiger partial charge < -0.3 is 10.2 Å². The summed E-state index contributed by atoms with van der Waals surface area (Å²) in [5.74, 6) is 0.269. The average Bonchev–Trinajstić information content (AvgIpc) is 2.63. The Morgan fingerprint density at radius 1 is 1.12 bits per heavy atom. The highest BCUT2D eigenvalue weighted by Gasteiger charge is 2.33. The van der Waals surface area contributed by atoms with E-state index in [0.29, 0.717) is 11.4 Å². The Bertz CT molecular complexity index is 787. The number of hydrogen-bond acceptors (Lipinski definition) is 3. The van der Waals surface area contributed by atoms with Crippen molar-refractivity contribution in [3.63, 3.8) is 0 Å². The van der Waals surface area contributed by atoms with Crippen molar-refractivity contribution in [3.8, 4) is 0 Å². The SMILES string of the molecule is O=C(c1ccc(Nc2ccc(Cl)c(C(F)(F)F)c2)nc1)N1CCCCC1. The minimum Gasteiger partial charge on any atom is -0.340 e. The molecule has 0 spiro atoms. The molecular formula is C18H17ClF3N3O. The average molecular weight is 384 g/mol. The van der Waals surface area contributed by atoms with Crippen LogP contribution in [0.25, 0.3) is 0 Å².